The molecule has 0 saturated carbocycles. The van der Waals surface area contributed by atoms with Crippen molar-refractivity contribution in [2.24, 2.45) is 5.73 Å². The van der Waals surface area contributed by atoms with E-state index in [1.54, 1.807) is 30.3 Å². The van der Waals surface area contributed by atoms with E-state index in [9.17, 15) is 4.79 Å². The van der Waals surface area contributed by atoms with E-state index in [1.165, 1.54) is 0 Å². The zero-order valence-corrected chi connectivity index (χ0v) is 11.9. The molecule has 3 N–H and O–H groups in total. The van der Waals surface area contributed by atoms with E-state index >= 15 is 0 Å². The number of nitrogens with one attached hydrogen (secondary N) is 1. The molecule has 7 heteroatoms. The van der Waals surface area contributed by atoms with Crippen LogP contribution < -0.4 is 16.0 Å². The van der Waals surface area contributed by atoms with Crippen molar-refractivity contribution >= 4 is 28.8 Å². The van der Waals surface area contributed by atoms with E-state index < -0.39 is 0 Å². The smallest absolute Gasteiger partial charge is 0.239 e. The maximum absolute atomic E-state index is 11.6. The van der Waals surface area contributed by atoms with E-state index in [4.69, 9.17) is 22.7 Å². The minimum absolute atomic E-state index is 0.0757. The van der Waals surface area contributed by atoms with Gasteiger partial charge < -0.3 is 20.7 Å². The van der Waals surface area contributed by atoms with Crippen molar-refractivity contribution in [1.29, 1.82) is 0 Å². The average molecular weight is 282 g/mol. The number of nitrogens with zero attached hydrogens (tertiary/aromatic N) is 2. The highest BCUT2D eigenvalue weighted by Gasteiger charge is 2.08. The monoisotopic (exact) mass is 282 g/mol. The number of likely N-dealkylation sites (N-methyl/N-ethyl adjacent to an activating group) is 1. The Balaban J connectivity index is 2.57. The summed E-state index contributed by atoms with van der Waals surface area (Å²) in [6.07, 6.45) is 1.61. The molecule has 0 aliphatic rings. The van der Waals surface area contributed by atoms with Crippen molar-refractivity contribution < 1.29 is 9.53 Å². The van der Waals surface area contributed by atoms with Gasteiger partial charge in [0.05, 0.1) is 18.8 Å². The van der Waals surface area contributed by atoms with E-state index in [0.717, 1.165) is 5.69 Å². The zero-order chi connectivity index (χ0) is 14.3. The van der Waals surface area contributed by atoms with E-state index in [1.807, 2.05) is 7.05 Å². The number of aromatic nitrogens is 1. The number of hydrogen-bond donors (Lipinski definition) is 2. The molecule has 0 spiro atoms. The van der Waals surface area contributed by atoms with Crippen LogP contribution in [0.4, 0.5) is 5.69 Å². The Labute approximate surface area is 117 Å². The molecule has 1 aromatic heterocycles. The van der Waals surface area contributed by atoms with Crippen LogP contribution in [0.25, 0.3) is 0 Å². The third-order valence-corrected chi connectivity index (χ3v) is 2.66. The summed E-state index contributed by atoms with van der Waals surface area (Å²) in [6.45, 7) is 1.23. The van der Waals surface area contributed by atoms with Gasteiger partial charge in [0.2, 0.25) is 5.91 Å². The van der Waals surface area contributed by atoms with E-state index in [2.05, 4.69) is 10.3 Å². The summed E-state index contributed by atoms with van der Waals surface area (Å²) >= 11 is 4.87. The van der Waals surface area contributed by atoms with Crippen molar-refractivity contribution in [3.8, 4) is 0 Å². The Morgan fingerprint density at radius 2 is 2.37 bits per heavy atom. The maximum Gasteiger partial charge on any atom is 0.239 e. The molecule has 0 saturated heterocycles. The van der Waals surface area contributed by atoms with Gasteiger partial charge in [-0.3, -0.25) is 9.78 Å². The third kappa shape index (κ3) is 5.19. The summed E-state index contributed by atoms with van der Waals surface area (Å²) in [5.41, 5.74) is 6.90. The number of amides is 1. The first-order valence-electron chi connectivity index (χ1n) is 5.77. The molecule has 0 bridgehead atoms. The molecule has 0 atom stereocenters. The summed E-state index contributed by atoms with van der Waals surface area (Å²) in [6, 6.07) is 3.55. The molecule has 19 heavy (non-hydrogen) atoms. The number of ether oxygens (including phenoxy) is 1. The highest BCUT2D eigenvalue weighted by Crippen LogP contribution is 2.12. The topological polar surface area (TPSA) is 80.5 Å². The van der Waals surface area contributed by atoms with Crippen molar-refractivity contribution in [2.45, 2.75) is 0 Å². The van der Waals surface area contributed by atoms with Crippen LogP contribution in [0.15, 0.2) is 18.3 Å². The Bertz CT molecular complexity index is 453. The Morgan fingerprint density at radius 1 is 1.63 bits per heavy atom. The Kier molecular flexibility index (Phi) is 6.17. The predicted molar refractivity (Wildman–Crippen MR) is 78.3 cm³/mol. The van der Waals surface area contributed by atoms with Crippen molar-refractivity contribution in [1.82, 2.24) is 10.3 Å². The quantitative estimate of drug-likeness (QED) is 0.537. The van der Waals surface area contributed by atoms with Gasteiger partial charge in [0.15, 0.2) is 0 Å². The SMILES string of the molecule is COCCNC(=O)CN(C)c1ccnc(C(N)=S)c1. The van der Waals surface area contributed by atoms with Gasteiger partial charge in [0.25, 0.3) is 0 Å². The minimum Gasteiger partial charge on any atom is -0.388 e. The number of carbonyl (C=O) groups is 1. The molecule has 0 fully saturated rings. The van der Waals surface area contributed by atoms with Crippen molar-refractivity contribution in [3.05, 3.63) is 24.0 Å². The van der Waals surface area contributed by atoms with Gasteiger partial charge in [0, 0.05) is 32.6 Å². The lowest BCUT2D eigenvalue weighted by atomic mass is 10.3. The lowest BCUT2D eigenvalue weighted by Gasteiger charge is -2.19. The molecule has 6 nitrogen and oxygen atoms in total. The first-order chi connectivity index (χ1) is 9.04. The van der Waals surface area contributed by atoms with Gasteiger partial charge in [-0.15, -0.1) is 0 Å². The molecule has 0 aromatic carbocycles. The summed E-state index contributed by atoms with van der Waals surface area (Å²) < 4.78 is 4.86. The standard InChI is InChI=1S/C12H18N4O2S/c1-16(8-11(17)15-5-6-18-2)9-3-4-14-10(7-9)12(13)19/h3-4,7H,5-6,8H2,1-2H3,(H2,13,19)(H,15,17). The van der Waals surface area contributed by atoms with Crippen LogP contribution in [0.5, 0.6) is 0 Å². The van der Waals surface area contributed by atoms with Gasteiger partial charge >= 0.3 is 0 Å². The minimum atomic E-state index is -0.0757. The fourth-order valence-corrected chi connectivity index (χ4v) is 1.56. The van der Waals surface area contributed by atoms with Crippen LogP contribution in [0.2, 0.25) is 0 Å². The van der Waals surface area contributed by atoms with Crippen LogP contribution in [-0.4, -0.2) is 49.7 Å². The molecular weight excluding hydrogens is 264 g/mol. The lowest BCUT2D eigenvalue weighted by molar-refractivity contribution is -0.119. The molecule has 1 amide bonds. The van der Waals surface area contributed by atoms with Gasteiger partial charge in [-0.2, -0.15) is 0 Å². The summed E-state index contributed by atoms with van der Waals surface area (Å²) in [5, 5.41) is 2.75. The molecule has 0 aliphatic heterocycles. The summed E-state index contributed by atoms with van der Waals surface area (Å²) in [4.78, 5) is 17.7. The number of carbonyl (C=O) groups excluding carboxylic acids is 1. The summed E-state index contributed by atoms with van der Waals surface area (Å²) in [7, 11) is 3.40. The Hall–Kier alpha value is -1.73. The molecule has 0 radical (unpaired) electrons. The van der Waals surface area contributed by atoms with Gasteiger partial charge in [0.1, 0.15) is 4.99 Å². The Morgan fingerprint density at radius 3 is 3.00 bits per heavy atom. The second-order valence-corrected chi connectivity index (χ2v) is 4.40. The fourth-order valence-electron chi connectivity index (χ4n) is 1.45. The number of anilines is 1. The van der Waals surface area contributed by atoms with E-state index in [0.29, 0.717) is 18.8 Å². The summed E-state index contributed by atoms with van der Waals surface area (Å²) in [5.74, 6) is -0.0757. The number of thiocarbonyl (C=S) groups is 1. The molecule has 0 aliphatic carbocycles. The van der Waals surface area contributed by atoms with Gasteiger partial charge in [-0.1, -0.05) is 12.2 Å². The first-order valence-corrected chi connectivity index (χ1v) is 6.18. The maximum atomic E-state index is 11.6. The first kappa shape index (κ1) is 15.3. The number of hydrogen-bond acceptors (Lipinski definition) is 5. The van der Waals surface area contributed by atoms with E-state index in [-0.39, 0.29) is 17.4 Å². The molecule has 0 unspecified atom stereocenters. The van der Waals surface area contributed by atoms with Crippen LogP contribution >= 0.6 is 12.2 Å². The second-order valence-electron chi connectivity index (χ2n) is 3.96. The lowest BCUT2D eigenvalue weighted by Crippen LogP contribution is -2.36. The van der Waals surface area contributed by atoms with Crippen molar-refractivity contribution in [3.63, 3.8) is 0 Å². The predicted octanol–water partition coefficient (Wildman–Crippen LogP) is -0.0854. The normalized spacial score (nSPS) is 10.0. The molecule has 1 heterocycles. The van der Waals surface area contributed by atoms with Gasteiger partial charge in [-0.25, -0.2) is 0 Å². The van der Waals surface area contributed by atoms with Crippen molar-refractivity contribution in [2.75, 3.05) is 38.8 Å². The number of nitrogens with two attached hydrogens (primary N) is 1. The largest absolute Gasteiger partial charge is 0.388 e. The molecule has 1 rings (SSSR count). The average Bonchev–Trinajstić information content (AvgIpc) is 2.39. The van der Waals surface area contributed by atoms with Gasteiger partial charge in [-0.05, 0) is 12.1 Å². The van der Waals surface area contributed by atoms with Crippen LogP contribution in [-0.2, 0) is 9.53 Å². The number of pyridine rings is 1. The zero-order valence-electron chi connectivity index (χ0n) is 11.0. The van der Waals surface area contributed by atoms with Crippen LogP contribution in [0, 0.1) is 0 Å². The number of methoxy groups -OCH3 is 1. The molecule has 104 valence electrons. The van der Waals surface area contributed by atoms with Crippen LogP contribution in [0.1, 0.15) is 5.69 Å². The fraction of sp³-hybridized carbons (Fsp3) is 0.417. The number of rotatable bonds is 7. The molecule has 1 aromatic rings. The van der Waals surface area contributed by atoms with Crippen LogP contribution in [0.3, 0.4) is 0 Å². The third-order valence-electron chi connectivity index (χ3n) is 2.45. The highest BCUT2D eigenvalue weighted by molar-refractivity contribution is 7.80. The highest BCUT2D eigenvalue weighted by atomic mass is 32.1. The second kappa shape index (κ2) is 7.65. The molecular formula is C12H18N4O2S.